The Balaban J connectivity index is 1.83. The molecule has 1 aromatic carbocycles. The minimum Gasteiger partial charge on any atom is -0.466 e. The summed E-state index contributed by atoms with van der Waals surface area (Å²) in [6, 6.07) is 9.28. The van der Waals surface area contributed by atoms with E-state index in [-0.39, 0.29) is 12.6 Å². The molecule has 0 saturated heterocycles. The predicted molar refractivity (Wildman–Crippen MR) is 95.1 cm³/mol. The minimum absolute atomic E-state index is 0.0887. The minimum atomic E-state index is -1.19. The molecule has 0 bridgehead atoms. The summed E-state index contributed by atoms with van der Waals surface area (Å²) in [5, 5.41) is 16.1. The van der Waals surface area contributed by atoms with Gasteiger partial charge in [0.05, 0.1) is 13.2 Å². The van der Waals surface area contributed by atoms with E-state index in [0.29, 0.717) is 24.5 Å². The highest BCUT2D eigenvalue weighted by atomic mass is 16.5. The molecule has 1 atom stereocenters. The number of furan rings is 1. The summed E-state index contributed by atoms with van der Waals surface area (Å²) in [7, 11) is 1.65. The van der Waals surface area contributed by atoms with Crippen molar-refractivity contribution in [1.82, 2.24) is 10.6 Å². The van der Waals surface area contributed by atoms with Gasteiger partial charge in [0, 0.05) is 19.2 Å². The van der Waals surface area contributed by atoms with Crippen molar-refractivity contribution in [3.8, 4) is 0 Å². The molecule has 2 aromatic rings. The normalized spacial score (nSPS) is 13.3. The quantitative estimate of drug-likeness (QED) is 0.720. The Morgan fingerprint density at radius 3 is 2.40 bits per heavy atom. The highest BCUT2D eigenvalue weighted by Gasteiger charge is 2.28. The van der Waals surface area contributed by atoms with Crippen molar-refractivity contribution in [3.05, 3.63) is 58.5 Å². The van der Waals surface area contributed by atoms with Gasteiger partial charge >= 0.3 is 6.03 Å². The largest absolute Gasteiger partial charge is 0.466 e. The molecule has 0 spiro atoms. The van der Waals surface area contributed by atoms with Gasteiger partial charge in [-0.05, 0) is 38.0 Å². The monoisotopic (exact) mass is 346 g/mol. The summed E-state index contributed by atoms with van der Waals surface area (Å²) in [5.41, 5.74) is 1.56. The summed E-state index contributed by atoms with van der Waals surface area (Å²) in [6.07, 6.45) is 0. The summed E-state index contributed by atoms with van der Waals surface area (Å²) in [5.74, 6) is 1.38. The lowest BCUT2D eigenvalue weighted by atomic mass is 9.96. The fourth-order valence-electron chi connectivity index (χ4n) is 2.68. The second-order valence-electron chi connectivity index (χ2n) is 6.39. The number of rotatable bonds is 7. The first kappa shape index (κ1) is 19.0. The number of carbonyl (C=O) groups is 1. The Labute approximate surface area is 148 Å². The number of methoxy groups -OCH3 is 1. The zero-order valence-corrected chi connectivity index (χ0v) is 15.2. The van der Waals surface area contributed by atoms with Crippen molar-refractivity contribution in [2.75, 3.05) is 13.7 Å². The Kier molecular flexibility index (Phi) is 6.22. The van der Waals surface area contributed by atoms with Gasteiger partial charge in [-0.1, -0.05) is 24.3 Å². The van der Waals surface area contributed by atoms with Crippen LogP contribution in [-0.4, -0.2) is 24.8 Å². The number of aliphatic hydroxyl groups is 1. The van der Waals surface area contributed by atoms with Crippen LogP contribution in [0, 0.1) is 13.8 Å². The maximum Gasteiger partial charge on any atom is 0.315 e. The molecule has 6 nitrogen and oxygen atoms in total. The Bertz CT molecular complexity index is 705. The van der Waals surface area contributed by atoms with E-state index in [0.717, 1.165) is 16.9 Å². The number of hydrogen-bond acceptors (Lipinski definition) is 4. The molecular formula is C19H26N2O4. The van der Waals surface area contributed by atoms with Crippen molar-refractivity contribution >= 4 is 6.03 Å². The lowest BCUT2D eigenvalue weighted by molar-refractivity contribution is 0.0579. The van der Waals surface area contributed by atoms with Gasteiger partial charge < -0.3 is 24.9 Å². The third-order valence-electron chi connectivity index (χ3n) is 4.00. The molecule has 0 aliphatic heterocycles. The van der Waals surface area contributed by atoms with Crippen LogP contribution in [0.1, 0.15) is 35.1 Å². The number of aryl methyl sites for hydroxylation is 2. The van der Waals surface area contributed by atoms with Crippen LogP contribution in [0.2, 0.25) is 0 Å². The van der Waals surface area contributed by atoms with E-state index >= 15 is 0 Å². The zero-order chi connectivity index (χ0) is 18.4. The Morgan fingerprint density at radius 2 is 1.84 bits per heavy atom. The average molecular weight is 346 g/mol. The van der Waals surface area contributed by atoms with Crippen molar-refractivity contribution in [1.29, 1.82) is 0 Å². The SMILES string of the molecule is COCc1ccc(CNC(=O)NCC(C)(O)c2cc(C)oc2C)cc1. The molecule has 0 aliphatic rings. The second kappa shape index (κ2) is 8.18. The van der Waals surface area contributed by atoms with E-state index in [9.17, 15) is 9.90 Å². The van der Waals surface area contributed by atoms with E-state index in [1.54, 1.807) is 27.0 Å². The average Bonchev–Trinajstić information content (AvgIpc) is 2.92. The number of ether oxygens (including phenoxy) is 1. The fourth-order valence-corrected chi connectivity index (χ4v) is 2.68. The number of hydrogen-bond donors (Lipinski definition) is 3. The van der Waals surface area contributed by atoms with Crippen LogP contribution in [0.5, 0.6) is 0 Å². The lowest BCUT2D eigenvalue weighted by Crippen LogP contribution is -2.43. The highest BCUT2D eigenvalue weighted by molar-refractivity contribution is 5.73. The molecule has 6 heteroatoms. The Hall–Kier alpha value is -2.31. The first-order valence-electron chi connectivity index (χ1n) is 8.20. The molecule has 1 unspecified atom stereocenters. The molecule has 2 amide bonds. The van der Waals surface area contributed by atoms with Gasteiger partial charge in [0.2, 0.25) is 0 Å². The first-order chi connectivity index (χ1) is 11.8. The van der Waals surface area contributed by atoms with Crippen molar-refractivity contribution in [3.63, 3.8) is 0 Å². The lowest BCUT2D eigenvalue weighted by Gasteiger charge is -2.23. The molecule has 0 fully saturated rings. The smallest absolute Gasteiger partial charge is 0.315 e. The third kappa shape index (κ3) is 5.34. The van der Waals surface area contributed by atoms with Gasteiger partial charge in [-0.15, -0.1) is 0 Å². The predicted octanol–water partition coefficient (Wildman–Crippen LogP) is 2.75. The van der Waals surface area contributed by atoms with Gasteiger partial charge in [0.25, 0.3) is 0 Å². The zero-order valence-electron chi connectivity index (χ0n) is 15.2. The van der Waals surface area contributed by atoms with Crippen LogP contribution in [0.25, 0.3) is 0 Å². The maximum absolute atomic E-state index is 12.0. The highest BCUT2D eigenvalue weighted by Crippen LogP contribution is 2.26. The molecule has 136 valence electrons. The summed E-state index contributed by atoms with van der Waals surface area (Å²) < 4.78 is 10.5. The Morgan fingerprint density at radius 1 is 1.20 bits per heavy atom. The third-order valence-corrected chi connectivity index (χ3v) is 4.00. The van der Waals surface area contributed by atoms with E-state index < -0.39 is 5.60 Å². The van der Waals surface area contributed by atoms with Gasteiger partial charge in [-0.2, -0.15) is 0 Å². The van der Waals surface area contributed by atoms with Crippen LogP contribution >= 0.6 is 0 Å². The van der Waals surface area contributed by atoms with Gasteiger partial charge in [0.1, 0.15) is 17.1 Å². The fraction of sp³-hybridized carbons (Fsp3) is 0.421. The van der Waals surface area contributed by atoms with E-state index in [2.05, 4.69) is 10.6 Å². The number of urea groups is 1. The van der Waals surface area contributed by atoms with Crippen LogP contribution < -0.4 is 10.6 Å². The first-order valence-corrected chi connectivity index (χ1v) is 8.20. The topological polar surface area (TPSA) is 83.7 Å². The summed E-state index contributed by atoms with van der Waals surface area (Å²) in [4.78, 5) is 12.0. The van der Waals surface area contributed by atoms with Crippen LogP contribution in [0.4, 0.5) is 4.79 Å². The van der Waals surface area contributed by atoms with E-state index in [1.165, 1.54) is 0 Å². The number of nitrogens with one attached hydrogen (secondary N) is 2. The molecule has 3 N–H and O–H groups in total. The standard InChI is InChI=1S/C19H26N2O4/c1-13-9-17(14(2)25-13)19(3,23)12-21-18(22)20-10-15-5-7-16(8-6-15)11-24-4/h5-9,23H,10-12H2,1-4H3,(H2,20,21,22). The van der Waals surface area contributed by atoms with Crippen LogP contribution in [0.3, 0.4) is 0 Å². The van der Waals surface area contributed by atoms with Crippen molar-refractivity contribution < 1.29 is 19.1 Å². The van der Waals surface area contributed by atoms with Crippen molar-refractivity contribution in [2.45, 2.75) is 39.5 Å². The molecule has 0 aliphatic carbocycles. The van der Waals surface area contributed by atoms with E-state index in [1.807, 2.05) is 31.2 Å². The molecule has 1 heterocycles. The molecular weight excluding hydrogens is 320 g/mol. The number of amides is 2. The molecule has 25 heavy (non-hydrogen) atoms. The van der Waals surface area contributed by atoms with Gasteiger partial charge in [0.15, 0.2) is 0 Å². The van der Waals surface area contributed by atoms with Gasteiger partial charge in [-0.25, -0.2) is 4.79 Å². The summed E-state index contributed by atoms with van der Waals surface area (Å²) >= 11 is 0. The molecule has 0 saturated carbocycles. The van der Waals surface area contributed by atoms with Gasteiger partial charge in [-0.3, -0.25) is 0 Å². The summed E-state index contributed by atoms with van der Waals surface area (Å²) in [6.45, 7) is 6.33. The maximum atomic E-state index is 12.0. The van der Waals surface area contributed by atoms with Crippen LogP contribution in [-0.2, 0) is 23.5 Å². The molecule has 2 rings (SSSR count). The molecule has 0 radical (unpaired) electrons. The number of benzene rings is 1. The van der Waals surface area contributed by atoms with Crippen molar-refractivity contribution in [2.24, 2.45) is 0 Å². The number of carbonyl (C=O) groups excluding carboxylic acids is 1. The second-order valence-corrected chi connectivity index (χ2v) is 6.39. The van der Waals surface area contributed by atoms with E-state index in [4.69, 9.17) is 9.15 Å². The van der Waals surface area contributed by atoms with Crippen LogP contribution in [0.15, 0.2) is 34.7 Å². The molecule has 1 aromatic heterocycles.